The molecule has 3 N–H and O–H groups in total. The van der Waals surface area contributed by atoms with Crippen molar-refractivity contribution in [3.05, 3.63) is 12.2 Å². The van der Waals surface area contributed by atoms with Gasteiger partial charge in [0.1, 0.15) is 0 Å². The molecule has 0 aromatic rings. The van der Waals surface area contributed by atoms with Crippen LogP contribution in [0.4, 0.5) is 0 Å². The Bertz CT molecular complexity index is 1050. The van der Waals surface area contributed by atoms with E-state index in [1.165, 1.54) is 276 Å². The minimum atomic E-state index is -0.853. The molecular formula is C64H125NO5. The maximum absolute atomic E-state index is 12.5. The van der Waals surface area contributed by atoms with Gasteiger partial charge in [0, 0.05) is 12.8 Å². The van der Waals surface area contributed by atoms with E-state index < -0.39 is 12.1 Å². The Hall–Kier alpha value is -1.40. The Kier molecular flexibility index (Phi) is 59.0. The van der Waals surface area contributed by atoms with Gasteiger partial charge in [-0.3, -0.25) is 9.59 Å². The molecule has 0 radical (unpaired) electrons. The summed E-state index contributed by atoms with van der Waals surface area (Å²) in [6.45, 7) is 4.91. The van der Waals surface area contributed by atoms with Gasteiger partial charge in [0.25, 0.3) is 0 Å². The normalized spacial score (nSPS) is 12.6. The van der Waals surface area contributed by atoms with Crippen LogP contribution in [0.15, 0.2) is 12.2 Å². The summed E-state index contributed by atoms with van der Waals surface area (Å²) in [6, 6.07) is -0.638. The second kappa shape index (κ2) is 60.2. The van der Waals surface area contributed by atoms with E-state index in [0.717, 1.165) is 57.8 Å². The highest BCUT2D eigenvalue weighted by atomic mass is 16.5. The predicted octanol–water partition coefficient (Wildman–Crippen LogP) is 20.0. The number of aliphatic hydroxyl groups is 2. The van der Waals surface area contributed by atoms with E-state index >= 15 is 0 Å². The molecule has 0 aliphatic heterocycles. The molecule has 0 aromatic heterocycles. The smallest absolute Gasteiger partial charge is 0.305 e. The zero-order chi connectivity index (χ0) is 50.7. The van der Waals surface area contributed by atoms with Gasteiger partial charge in [-0.05, 0) is 32.1 Å². The largest absolute Gasteiger partial charge is 0.466 e. The molecule has 70 heavy (non-hydrogen) atoms. The van der Waals surface area contributed by atoms with Crippen LogP contribution in [0.3, 0.4) is 0 Å². The minimum Gasteiger partial charge on any atom is -0.466 e. The first kappa shape index (κ1) is 68.6. The highest BCUT2D eigenvalue weighted by molar-refractivity contribution is 5.76. The van der Waals surface area contributed by atoms with Gasteiger partial charge in [0.2, 0.25) is 5.91 Å². The van der Waals surface area contributed by atoms with Crippen LogP contribution < -0.4 is 5.32 Å². The van der Waals surface area contributed by atoms with Crippen molar-refractivity contribution in [3.8, 4) is 0 Å². The molecule has 0 heterocycles. The number of hydrogen-bond donors (Lipinski definition) is 3. The van der Waals surface area contributed by atoms with Gasteiger partial charge in [-0.25, -0.2) is 0 Å². The summed E-state index contributed by atoms with van der Waals surface area (Å²) < 4.78 is 5.48. The van der Waals surface area contributed by atoms with Crippen molar-refractivity contribution < 1.29 is 24.5 Å². The maximum atomic E-state index is 12.5. The number of hydrogen-bond acceptors (Lipinski definition) is 5. The van der Waals surface area contributed by atoms with E-state index in [2.05, 4.69) is 19.2 Å². The average molecular weight is 989 g/mol. The first-order valence-corrected chi connectivity index (χ1v) is 32.0. The van der Waals surface area contributed by atoms with Crippen LogP contribution in [-0.4, -0.2) is 47.4 Å². The fourth-order valence-electron chi connectivity index (χ4n) is 10.2. The summed E-state index contributed by atoms with van der Waals surface area (Å²) >= 11 is 0. The standard InChI is InChI=1S/C64H125NO5/c1-3-5-7-9-11-13-15-17-19-20-21-22-23-24-25-26-27-28-30-32-36-40-44-48-52-56-62(67)61(60-66)65-63(68)57-53-49-45-41-37-33-31-35-39-43-47-51-55-59-70-64(69)58-54-50-46-42-38-34-29-18-16-14-12-10-8-6-4-2/h52,56,61-62,66-67H,3-51,53-55,57-60H2,1-2H3,(H,65,68)/b56-52+. The van der Waals surface area contributed by atoms with Gasteiger partial charge in [-0.15, -0.1) is 0 Å². The summed E-state index contributed by atoms with van der Waals surface area (Å²) in [7, 11) is 0. The van der Waals surface area contributed by atoms with Crippen molar-refractivity contribution in [1.82, 2.24) is 5.32 Å². The summed E-state index contributed by atoms with van der Waals surface area (Å²) in [5.74, 6) is -0.0787. The summed E-state index contributed by atoms with van der Waals surface area (Å²) in [5, 5.41) is 23.2. The van der Waals surface area contributed by atoms with Crippen LogP contribution in [-0.2, 0) is 14.3 Å². The molecule has 0 fully saturated rings. The number of carbonyl (C=O) groups is 2. The van der Waals surface area contributed by atoms with E-state index in [1.807, 2.05) is 6.08 Å². The number of nitrogens with one attached hydrogen (secondary N) is 1. The number of rotatable bonds is 60. The molecular weight excluding hydrogens is 863 g/mol. The number of esters is 1. The summed E-state index contributed by atoms with van der Waals surface area (Å²) in [6.07, 6.45) is 72.5. The van der Waals surface area contributed by atoms with Crippen LogP contribution >= 0.6 is 0 Å². The first-order chi connectivity index (χ1) is 34.5. The molecule has 416 valence electrons. The van der Waals surface area contributed by atoms with E-state index in [0.29, 0.717) is 19.4 Å². The Labute approximate surface area is 438 Å². The van der Waals surface area contributed by atoms with Crippen molar-refractivity contribution in [2.24, 2.45) is 0 Å². The second-order valence-corrected chi connectivity index (χ2v) is 22.1. The topological polar surface area (TPSA) is 95.9 Å². The Morgan fingerprint density at radius 2 is 0.657 bits per heavy atom. The zero-order valence-corrected chi connectivity index (χ0v) is 47.5. The molecule has 0 saturated heterocycles. The molecule has 0 bridgehead atoms. The molecule has 6 heteroatoms. The van der Waals surface area contributed by atoms with Crippen LogP contribution in [0.25, 0.3) is 0 Å². The minimum absolute atomic E-state index is 0.00266. The van der Waals surface area contributed by atoms with Crippen LogP contribution in [0.2, 0.25) is 0 Å². The van der Waals surface area contributed by atoms with Gasteiger partial charge in [-0.1, -0.05) is 328 Å². The number of unbranched alkanes of at least 4 members (excludes halogenated alkanes) is 49. The fraction of sp³-hybridized carbons (Fsp3) is 0.938. The van der Waals surface area contributed by atoms with Crippen molar-refractivity contribution >= 4 is 11.9 Å². The van der Waals surface area contributed by atoms with Crippen LogP contribution in [0, 0.1) is 0 Å². The number of ether oxygens (including phenoxy) is 1. The zero-order valence-electron chi connectivity index (χ0n) is 47.5. The number of carbonyl (C=O) groups excluding carboxylic acids is 2. The van der Waals surface area contributed by atoms with E-state index in [-0.39, 0.29) is 18.5 Å². The molecule has 1 amide bonds. The molecule has 0 rings (SSSR count). The van der Waals surface area contributed by atoms with Gasteiger partial charge in [0.15, 0.2) is 0 Å². The van der Waals surface area contributed by atoms with E-state index in [4.69, 9.17) is 4.74 Å². The lowest BCUT2D eigenvalue weighted by Gasteiger charge is -2.20. The van der Waals surface area contributed by atoms with Gasteiger partial charge in [0.05, 0.1) is 25.4 Å². The highest BCUT2D eigenvalue weighted by Gasteiger charge is 2.18. The highest BCUT2D eigenvalue weighted by Crippen LogP contribution is 2.18. The molecule has 0 saturated carbocycles. The SMILES string of the molecule is CCCCCCCCCCCCCCCCCCCCCCCCC/C=C/C(O)C(CO)NC(=O)CCCCCCCCCCCCCCCOC(=O)CCCCCCCCCCCCCCCCC. The van der Waals surface area contributed by atoms with Gasteiger partial charge >= 0.3 is 5.97 Å². The van der Waals surface area contributed by atoms with Crippen molar-refractivity contribution in [2.45, 2.75) is 373 Å². The Balaban J connectivity index is 3.46. The third-order valence-electron chi connectivity index (χ3n) is 15.1. The average Bonchev–Trinajstić information content (AvgIpc) is 3.36. The lowest BCUT2D eigenvalue weighted by molar-refractivity contribution is -0.143. The van der Waals surface area contributed by atoms with Crippen molar-refractivity contribution in [3.63, 3.8) is 0 Å². The van der Waals surface area contributed by atoms with Crippen molar-refractivity contribution in [2.75, 3.05) is 13.2 Å². The fourth-order valence-corrected chi connectivity index (χ4v) is 10.2. The number of allylic oxidation sites excluding steroid dienone is 1. The summed E-state index contributed by atoms with van der Waals surface area (Å²) in [5.41, 5.74) is 0. The maximum Gasteiger partial charge on any atom is 0.305 e. The molecule has 0 spiro atoms. The first-order valence-electron chi connectivity index (χ1n) is 32.0. The van der Waals surface area contributed by atoms with Crippen LogP contribution in [0.5, 0.6) is 0 Å². The molecule has 6 nitrogen and oxygen atoms in total. The quantitative estimate of drug-likeness (QED) is 0.0321. The van der Waals surface area contributed by atoms with Gasteiger partial charge < -0.3 is 20.3 Å². The number of aliphatic hydroxyl groups excluding tert-OH is 2. The van der Waals surface area contributed by atoms with Crippen LogP contribution in [0.1, 0.15) is 361 Å². The van der Waals surface area contributed by atoms with E-state index in [1.54, 1.807) is 6.08 Å². The third-order valence-corrected chi connectivity index (χ3v) is 15.1. The third kappa shape index (κ3) is 55.9. The molecule has 0 aromatic carbocycles. The molecule has 2 atom stereocenters. The Morgan fingerprint density at radius 3 is 0.971 bits per heavy atom. The molecule has 0 aliphatic rings. The number of amides is 1. The second-order valence-electron chi connectivity index (χ2n) is 22.1. The monoisotopic (exact) mass is 988 g/mol. The summed E-state index contributed by atoms with van der Waals surface area (Å²) in [4.78, 5) is 24.6. The predicted molar refractivity (Wildman–Crippen MR) is 306 cm³/mol. The Morgan fingerprint density at radius 1 is 0.386 bits per heavy atom. The molecule has 0 aliphatic carbocycles. The lowest BCUT2D eigenvalue weighted by Crippen LogP contribution is -2.45. The molecule has 2 unspecified atom stereocenters. The van der Waals surface area contributed by atoms with Gasteiger partial charge in [-0.2, -0.15) is 0 Å². The lowest BCUT2D eigenvalue weighted by atomic mass is 10.0. The van der Waals surface area contributed by atoms with E-state index in [9.17, 15) is 19.8 Å². The van der Waals surface area contributed by atoms with Crippen molar-refractivity contribution in [1.29, 1.82) is 0 Å².